The Hall–Kier alpha value is -1.51. The largest absolute Gasteiger partial charge is 0.353 e. The number of aromatic nitrogens is 3. The molecule has 23 heavy (non-hydrogen) atoms. The zero-order valence-electron chi connectivity index (χ0n) is 14.8. The quantitative estimate of drug-likeness (QED) is 0.460. The molecule has 0 radical (unpaired) electrons. The predicted octanol–water partition coefficient (Wildman–Crippen LogP) is 2.20. The summed E-state index contributed by atoms with van der Waals surface area (Å²) in [5, 5.41) is 7.88. The molecule has 0 aromatic carbocycles. The van der Waals surface area contributed by atoms with Crippen LogP contribution in [0.15, 0.2) is 23.3 Å². The summed E-state index contributed by atoms with van der Waals surface area (Å²) in [6.45, 7) is 5.68. The van der Waals surface area contributed by atoms with Gasteiger partial charge in [0, 0.05) is 57.9 Å². The lowest BCUT2D eigenvalue weighted by Crippen LogP contribution is -2.38. The number of guanidine groups is 1. The van der Waals surface area contributed by atoms with Crippen LogP contribution in [0, 0.1) is 13.8 Å². The molecule has 0 bridgehead atoms. The van der Waals surface area contributed by atoms with Gasteiger partial charge in [0.15, 0.2) is 5.96 Å². The van der Waals surface area contributed by atoms with E-state index in [1.807, 2.05) is 32.7 Å². The number of nitrogens with one attached hydrogen (secondary N) is 1. The van der Waals surface area contributed by atoms with Gasteiger partial charge >= 0.3 is 0 Å². The van der Waals surface area contributed by atoms with Crippen LogP contribution in [0.3, 0.4) is 0 Å². The van der Waals surface area contributed by atoms with Crippen LogP contribution in [-0.4, -0.2) is 39.3 Å². The second-order valence-corrected chi connectivity index (χ2v) is 5.64. The van der Waals surface area contributed by atoms with Crippen LogP contribution < -0.4 is 5.32 Å². The molecule has 0 saturated heterocycles. The second-order valence-electron chi connectivity index (χ2n) is 5.64. The summed E-state index contributed by atoms with van der Waals surface area (Å²) in [5.41, 5.74) is 4.73. The highest BCUT2D eigenvalue weighted by Crippen LogP contribution is 2.11. The van der Waals surface area contributed by atoms with Gasteiger partial charge in [-0.1, -0.05) is 0 Å². The molecule has 0 aliphatic rings. The molecule has 2 heterocycles. The van der Waals surface area contributed by atoms with E-state index >= 15 is 0 Å². The highest BCUT2D eigenvalue weighted by molar-refractivity contribution is 14.0. The summed E-state index contributed by atoms with van der Waals surface area (Å²) in [6, 6.07) is 4.18. The van der Waals surface area contributed by atoms with E-state index in [1.54, 1.807) is 0 Å². The molecule has 128 valence electrons. The molecule has 0 atom stereocenters. The summed E-state index contributed by atoms with van der Waals surface area (Å²) in [7, 11) is 7.89. The van der Waals surface area contributed by atoms with Gasteiger partial charge in [-0.2, -0.15) is 5.10 Å². The molecule has 2 aromatic heterocycles. The van der Waals surface area contributed by atoms with Gasteiger partial charge < -0.3 is 14.8 Å². The SMILES string of the molecule is CN=C(NCc1c(C)nn(C)c1C)N(C)Cc1cccn1C.I. The topological polar surface area (TPSA) is 50.4 Å². The summed E-state index contributed by atoms with van der Waals surface area (Å²) >= 11 is 0. The lowest BCUT2D eigenvalue weighted by molar-refractivity contribution is 0.461. The Bertz CT molecular complexity index is 670. The number of aryl methyl sites for hydroxylation is 3. The normalized spacial score (nSPS) is 11.3. The van der Waals surface area contributed by atoms with Gasteiger partial charge in [-0.15, -0.1) is 24.0 Å². The van der Waals surface area contributed by atoms with Crippen LogP contribution in [0.5, 0.6) is 0 Å². The van der Waals surface area contributed by atoms with Crippen molar-refractivity contribution >= 4 is 29.9 Å². The Kier molecular flexibility index (Phi) is 7.11. The molecule has 1 N–H and O–H groups in total. The summed E-state index contributed by atoms with van der Waals surface area (Å²) in [4.78, 5) is 6.50. The fraction of sp³-hybridized carbons (Fsp3) is 0.500. The number of rotatable bonds is 4. The minimum atomic E-state index is 0. The van der Waals surface area contributed by atoms with Crippen molar-refractivity contribution in [3.63, 3.8) is 0 Å². The average molecular weight is 430 g/mol. The Morgan fingerprint density at radius 3 is 2.52 bits per heavy atom. The average Bonchev–Trinajstić information content (AvgIpc) is 2.97. The molecule has 0 aliphatic heterocycles. The fourth-order valence-corrected chi connectivity index (χ4v) is 2.60. The van der Waals surface area contributed by atoms with E-state index < -0.39 is 0 Å². The summed E-state index contributed by atoms with van der Waals surface area (Å²) in [6.07, 6.45) is 2.06. The van der Waals surface area contributed by atoms with Crippen LogP contribution in [0.4, 0.5) is 0 Å². The first kappa shape index (κ1) is 19.5. The Morgan fingerprint density at radius 1 is 1.35 bits per heavy atom. The molecule has 7 heteroatoms. The molecule has 6 nitrogen and oxygen atoms in total. The van der Waals surface area contributed by atoms with Gasteiger partial charge in [0.2, 0.25) is 0 Å². The van der Waals surface area contributed by atoms with Gasteiger partial charge in [0.25, 0.3) is 0 Å². The maximum absolute atomic E-state index is 4.45. The van der Waals surface area contributed by atoms with Crippen LogP contribution in [0.2, 0.25) is 0 Å². The van der Waals surface area contributed by atoms with Crippen molar-refractivity contribution in [3.05, 3.63) is 41.0 Å². The predicted molar refractivity (Wildman–Crippen MR) is 105 cm³/mol. The zero-order valence-corrected chi connectivity index (χ0v) is 17.1. The van der Waals surface area contributed by atoms with E-state index in [-0.39, 0.29) is 24.0 Å². The molecule has 0 unspecified atom stereocenters. The maximum atomic E-state index is 4.45. The van der Waals surface area contributed by atoms with Crippen LogP contribution in [0.25, 0.3) is 0 Å². The van der Waals surface area contributed by atoms with Gasteiger partial charge in [0.1, 0.15) is 0 Å². The van der Waals surface area contributed by atoms with Gasteiger partial charge in [-0.25, -0.2) is 0 Å². The number of hydrogen-bond acceptors (Lipinski definition) is 2. The van der Waals surface area contributed by atoms with Gasteiger partial charge in [0.05, 0.1) is 12.2 Å². The molecule has 2 rings (SSSR count). The lowest BCUT2D eigenvalue weighted by atomic mass is 10.2. The first-order valence-corrected chi connectivity index (χ1v) is 7.45. The van der Waals surface area contributed by atoms with Crippen molar-refractivity contribution < 1.29 is 0 Å². The minimum Gasteiger partial charge on any atom is -0.353 e. The van der Waals surface area contributed by atoms with Crippen molar-refractivity contribution in [2.24, 2.45) is 19.1 Å². The molecular formula is C16H27IN6. The molecule has 0 amide bonds. The van der Waals surface area contributed by atoms with Crippen molar-refractivity contribution in [2.75, 3.05) is 14.1 Å². The summed E-state index contributed by atoms with van der Waals surface area (Å²) in [5.74, 6) is 0.879. The van der Waals surface area contributed by atoms with E-state index in [2.05, 4.69) is 57.2 Å². The molecule has 2 aromatic rings. The third-order valence-electron chi connectivity index (χ3n) is 4.11. The Balaban J connectivity index is 0.00000264. The third-order valence-corrected chi connectivity index (χ3v) is 4.11. The maximum Gasteiger partial charge on any atom is 0.194 e. The van der Waals surface area contributed by atoms with Gasteiger partial charge in [-0.05, 0) is 26.0 Å². The number of halogens is 1. The Labute approximate surface area is 155 Å². The zero-order chi connectivity index (χ0) is 16.3. The lowest BCUT2D eigenvalue weighted by Gasteiger charge is -2.22. The first-order valence-electron chi connectivity index (χ1n) is 7.45. The number of aliphatic imine (C=N–C) groups is 1. The molecular weight excluding hydrogens is 403 g/mol. The Morgan fingerprint density at radius 2 is 2.04 bits per heavy atom. The molecule has 0 fully saturated rings. The first-order chi connectivity index (χ1) is 10.4. The van der Waals surface area contributed by atoms with Gasteiger partial charge in [-0.3, -0.25) is 9.67 Å². The van der Waals surface area contributed by atoms with Crippen LogP contribution in [-0.2, 0) is 27.2 Å². The van der Waals surface area contributed by atoms with Crippen molar-refractivity contribution in [1.82, 2.24) is 24.6 Å². The van der Waals surface area contributed by atoms with Crippen molar-refractivity contribution in [1.29, 1.82) is 0 Å². The highest BCUT2D eigenvalue weighted by Gasteiger charge is 2.12. The number of hydrogen-bond donors (Lipinski definition) is 1. The van der Waals surface area contributed by atoms with Crippen molar-refractivity contribution in [2.45, 2.75) is 26.9 Å². The summed E-state index contributed by atoms with van der Waals surface area (Å²) < 4.78 is 4.04. The fourth-order valence-electron chi connectivity index (χ4n) is 2.60. The second kappa shape index (κ2) is 8.37. The van der Waals surface area contributed by atoms with E-state index in [0.717, 1.165) is 24.7 Å². The van der Waals surface area contributed by atoms with E-state index in [0.29, 0.717) is 0 Å². The molecule has 0 spiro atoms. The molecule has 0 saturated carbocycles. The smallest absolute Gasteiger partial charge is 0.194 e. The van der Waals surface area contributed by atoms with Crippen LogP contribution in [0.1, 0.15) is 22.6 Å². The minimum absolute atomic E-state index is 0. The number of nitrogens with zero attached hydrogens (tertiary/aromatic N) is 5. The van der Waals surface area contributed by atoms with E-state index in [9.17, 15) is 0 Å². The van der Waals surface area contributed by atoms with Crippen molar-refractivity contribution in [3.8, 4) is 0 Å². The third kappa shape index (κ3) is 4.49. The van der Waals surface area contributed by atoms with E-state index in [4.69, 9.17) is 0 Å². The van der Waals surface area contributed by atoms with E-state index in [1.165, 1.54) is 17.0 Å². The highest BCUT2D eigenvalue weighted by atomic mass is 127. The standard InChI is InChI=1S/C16H26N6.HI/c1-12-15(13(2)22(6)19-12)10-18-16(17-3)21(5)11-14-8-7-9-20(14)4;/h7-9H,10-11H2,1-6H3,(H,17,18);1H. The monoisotopic (exact) mass is 430 g/mol. The molecule has 0 aliphatic carbocycles. The van der Waals surface area contributed by atoms with Crippen LogP contribution >= 0.6 is 24.0 Å².